The Kier molecular flexibility index (Phi) is 10.2. The van der Waals surface area contributed by atoms with Gasteiger partial charge in [0.25, 0.3) is 5.91 Å². The highest BCUT2D eigenvalue weighted by molar-refractivity contribution is 7.80. The Morgan fingerprint density at radius 3 is 2.21 bits per heavy atom. The van der Waals surface area contributed by atoms with Crippen LogP contribution in [0.25, 0.3) is 0 Å². The third-order valence-corrected chi connectivity index (χ3v) is 4.42. The molecule has 4 N–H and O–H groups in total. The molecule has 0 aromatic heterocycles. The van der Waals surface area contributed by atoms with Gasteiger partial charge in [0.05, 0.1) is 16.7 Å². The standard InChI is InChI=1S/C19H19Cl2N3O3S.ClH/c1-2-3-8-27-16-14(20)9-12(10-15(16)21)18(26)24-19(28)23-13-6-4-11(5-7-13)17(22)25;/h4-7,9-10H,2-3,8H2,1H3,(H2,22,25)(H2,23,24,26,28);1H. The average Bonchev–Trinajstić information content (AvgIpc) is 2.64. The van der Waals surface area contributed by atoms with E-state index in [4.69, 9.17) is 45.9 Å². The van der Waals surface area contributed by atoms with Crippen LogP contribution in [0.15, 0.2) is 36.4 Å². The smallest absolute Gasteiger partial charge is 0.257 e. The van der Waals surface area contributed by atoms with Crippen LogP contribution < -0.4 is 21.1 Å². The normalized spacial score (nSPS) is 9.90. The summed E-state index contributed by atoms with van der Waals surface area (Å²) < 4.78 is 5.56. The van der Waals surface area contributed by atoms with Gasteiger partial charge in [-0.2, -0.15) is 0 Å². The van der Waals surface area contributed by atoms with E-state index in [1.54, 1.807) is 24.3 Å². The lowest BCUT2D eigenvalue weighted by Crippen LogP contribution is -2.34. The zero-order valence-electron chi connectivity index (χ0n) is 15.5. The largest absolute Gasteiger partial charge is 0.490 e. The molecule has 0 fully saturated rings. The molecule has 0 bridgehead atoms. The number of halogens is 3. The zero-order chi connectivity index (χ0) is 20.7. The molecule has 10 heteroatoms. The summed E-state index contributed by atoms with van der Waals surface area (Å²) in [7, 11) is 0. The zero-order valence-corrected chi connectivity index (χ0v) is 18.6. The van der Waals surface area contributed by atoms with Crippen molar-refractivity contribution >= 4 is 70.4 Å². The molecule has 0 heterocycles. The Balaban J connectivity index is 0.00000420. The number of anilines is 1. The van der Waals surface area contributed by atoms with Crippen LogP contribution in [-0.2, 0) is 0 Å². The SMILES string of the molecule is CCCCOc1c(Cl)cc(C(=O)NC(=S)Nc2ccc(C(N)=O)cc2)cc1Cl.Cl. The van der Waals surface area contributed by atoms with Crippen LogP contribution in [0.2, 0.25) is 10.0 Å². The van der Waals surface area contributed by atoms with Gasteiger partial charge < -0.3 is 15.8 Å². The summed E-state index contributed by atoms with van der Waals surface area (Å²) in [5.74, 6) is -0.656. The van der Waals surface area contributed by atoms with Crippen LogP contribution in [0.3, 0.4) is 0 Å². The number of ether oxygens (including phenoxy) is 1. The van der Waals surface area contributed by atoms with Gasteiger partial charge in [0.2, 0.25) is 5.91 Å². The van der Waals surface area contributed by atoms with Gasteiger partial charge in [-0.15, -0.1) is 12.4 Å². The molecule has 0 radical (unpaired) electrons. The van der Waals surface area contributed by atoms with Crippen LogP contribution in [-0.4, -0.2) is 23.5 Å². The van der Waals surface area contributed by atoms with Gasteiger partial charge in [0.15, 0.2) is 10.9 Å². The van der Waals surface area contributed by atoms with Gasteiger partial charge in [-0.1, -0.05) is 36.5 Å². The first kappa shape index (κ1) is 25.0. The van der Waals surface area contributed by atoms with Crippen LogP contribution in [0.4, 0.5) is 5.69 Å². The highest BCUT2D eigenvalue weighted by Gasteiger charge is 2.15. The minimum Gasteiger partial charge on any atom is -0.490 e. The summed E-state index contributed by atoms with van der Waals surface area (Å²) in [6, 6.07) is 9.27. The fraction of sp³-hybridized carbons (Fsp3) is 0.211. The van der Waals surface area contributed by atoms with E-state index in [0.29, 0.717) is 23.6 Å². The third kappa shape index (κ3) is 7.36. The topological polar surface area (TPSA) is 93.4 Å². The summed E-state index contributed by atoms with van der Waals surface area (Å²) >= 11 is 17.5. The van der Waals surface area contributed by atoms with E-state index in [1.165, 1.54) is 12.1 Å². The lowest BCUT2D eigenvalue weighted by atomic mass is 10.2. The maximum absolute atomic E-state index is 12.4. The fourth-order valence-corrected chi connectivity index (χ4v) is 3.01. The van der Waals surface area contributed by atoms with E-state index in [0.717, 1.165) is 12.8 Å². The molecular formula is C19H20Cl3N3O3S. The van der Waals surface area contributed by atoms with Crippen molar-refractivity contribution in [1.29, 1.82) is 0 Å². The van der Waals surface area contributed by atoms with Crippen LogP contribution in [0.1, 0.15) is 40.5 Å². The number of thiocarbonyl (C=S) groups is 1. The van der Waals surface area contributed by atoms with E-state index >= 15 is 0 Å². The van der Waals surface area contributed by atoms with Gasteiger partial charge in [-0.25, -0.2) is 0 Å². The van der Waals surface area contributed by atoms with E-state index in [1.807, 2.05) is 6.92 Å². The Labute approximate surface area is 190 Å². The van der Waals surface area contributed by atoms with Crippen molar-refractivity contribution < 1.29 is 14.3 Å². The van der Waals surface area contributed by atoms with E-state index in [9.17, 15) is 9.59 Å². The van der Waals surface area contributed by atoms with Gasteiger partial charge in [-0.3, -0.25) is 14.9 Å². The molecule has 6 nitrogen and oxygen atoms in total. The van der Waals surface area contributed by atoms with Crippen molar-refractivity contribution in [3.63, 3.8) is 0 Å². The molecule has 0 spiro atoms. The fourth-order valence-electron chi connectivity index (χ4n) is 2.20. The third-order valence-electron chi connectivity index (χ3n) is 3.66. The van der Waals surface area contributed by atoms with Crippen molar-refractivity contribution in [1.82, 2.24) is 5.32 Å². The molecule has 0 saturated heterocycles. The molecule has 0 aliphatic rings. The Hall–Kier alpha value is -2.06. The number of hydrogen-bond acceptors (Lipinski definition) is 4. The summed E-state index contributed by atoms with van der Waals surface area (Å²) in [4.78, 5) is 23.5. The molecular weight excluding hydrogens is 457 g/mol. The monoisotopic (exact) mass is 475 g/mol. The molecule has 0 aliphatic heterocycles. The predicted molar refractivity (Wildman–Crippen MR) is 123 cm³/mol. The van der Waals surface area contributed by atoms with Crippen molar-refractivity contribution in [2.75, 3.05) is 11.9 Å². The number of rotatable bonds is 7. The Bertz CT molecular complexity index is 869. The second kappa shape index (κ2) is 11.8. The highest BCUT2D eigenvalue weighted by Crippen LogP contribution is 2.34. The Morgan fingerprint density at radius 2 is 1.69 bits per heavy atom. The number of amides is 2. The number of carbonyl (C=O) groups is 2. The summed E-state index contributed by atoms with van der Waals surface area (Å²) in [6.07, 6.45) is 1.85. The van der Waals surface area contributed by atoms with E-state index in [-0.39, 0.29) is 33.1 Å². The van der Waals surface area contributed by atoms with Crippen LogP contribution in [0, 0.1) is 0 Å². The van der Waals surface area contributed by atoms with Crippen LogP contribution >= 0.6 is 47.8 Å². The minimum atomic E-state index is -0.529. The van der Waals surface area contributed by atoms with Gasteiger partial charge in [0, 0.05) is 16.8 Å². The van der Waals surface area contributed by atoms with Gasteiger partial charge in [-0.05, 0) is 55.0 Å². The van der Waals surface area contributed by atoms with Crippen molar-refractivity contribution in [2.24, 2.45) is 5.73 Å². The van der Waals surface area contributed by atoms with Gasteiger partial charge >= 0.3 is 0 Å². The number of carbonyl (C=O) groups excluding carboxylic acids is 2. The molecule has 2 aromatic carbocycles. The van der Waals surface area contributed by atoms with E-state index in [2.05, 4.69) is 10.6 Å². The maximum Gasteiger partial charge on any atom is 0.257 e. The summed E-state index contributed by atoms with van der Waals surface area (Å²) in [6.45, 7) is 2.53. The number of unbranched alkanes of at least 4 members (excludes halogenated alkanes) is 1. The predicted octanol–water partition coefficient (Wildman–Crippen LogP) is 4.82. The van der Waals surface area contributed by atoms with Gasteiger partial charge in [0.1, 0.15) is 0 Å². The molecule has 0 unspecified atom stereocenters. The first-order chi connectivity index (χ1) is 13.3. The summed E-state index contributed by atoms with van der Waals surface area (Å²) in [5, 5.41) is 5.95. The molecule has 156 valence electrons. The van der Waals surface area contributed by atoms with E-state index < -0.39 is 11.8 Å². The quantitative estimate of drug-likeness (QED) is 0.393. The summed E-state index contributed by atoms with van der Waals surface area (Å²) in [5.41, 5.74) is 6.39. The average molecular weight is 477 g/mol. The first-order valence-electron chi connectivity index (χ1n) is 8.45. The molecule has 2 aromatic rings. The van der Waals surface area contributed by atoms with Crippen molar-refractivity contribution in [2.45, 2.75) is 19.8 Å². The van der Waals surface area contributed by atoms with Crippen molar-refractivity contribution in [3.05, 3.63) is 57.6 Å². The maximum atomic E-state index is 12.4. The second-order valence-electron chi connectivity index (χ2n) is 5.82. The molecule has 0 saturated carbocycles. The second-order valence-corrected chi connectivity index (χ2v) is 7.04. The lowest BCUT2D eigenvalue weighted by Gasteiger charge is -2.13. The number of nitrogens with two attached hydrogens (primary N) is 1. The number of benzene rings is 2. The molecule has 0 aliphatic carbocycles. The number of primary amides is 1. The van der Waals surface area contributed by atoms with Crippen LogP contribution in [0.5, 0.6) is 5.75 Å². The highest BCUT2D eigenvalue weighted by atomic mass is 35.5. The Morgan fingerprint density at radius 1 is 1.10 bits per heavy atom. The first-order valence-corrected chi connectivity index (χ1v) is 9.62. The number of nitrogens with one attached hydrogen (secondary N) is 2. The molecule has 2 amide bonds. The number of hydrogen-bond donors (Lipinski definition) is 3. The lowest BCUT2D eigenvalue weighted by molar-refractivity contribution is 0.0975. The molecule has 2 rings (SSSR count). The molecule has 29 heavy (non-hydrogen) atoms. The minimum absolute atomic E-state index is 0. The molecule has 0 atom stereocenters. The van der Waals surface area contributed by atoms with Crippen molar-refractivity contribution in [3.8, 4) is 5.75 Å².